The highest BCUT2D eigenvalue weighted by Gasteiger charge is 2.47. The maximum atomic E-state index is 11.3. The number of para-hydroxylation sites is 1. The van der Waals surface area contributed by atoms with Crippen molar-refractivity contribution in [3.63, 3.8) is 0 Å². The van der Waals surface area contributed by atoms with Gasteiger partial charge in [0.15, 0.2) is 0 Å². The topological polar surface area (TPSA) is 23.1 Å². The predicted molar refractivity (Wildman–Crippen MR) is 156 cm³/mol. The van der Waals surface area contributed by atoms with Crippen LogP contribution < -0.4 is 26.3 Å². The maximum absolute atomic E-state index is 11.3. The third-order valence-corrected chi connectivity index (χ3v) is 10.6. The van der Waals surface area contributed by atoms with Crippen LogP contribution in [0.2, 0.25) is 0 Å². The average Bonchev–Trinajstić information content (AvgIpc) is 2.92. The molecule has 0 N–H and O–H groups in total. The first-order chi connectivity index (χ1) is 17.4. The summed E-state index contributed by atoms with van der Waals surface area (Å²) in [7, 11) is -1.91. The fraction of sp³-hybridized carbons (Fsp3) is 0.118. The molecule has 0 radical (unpaired) electrons. The molecule has 0 aromatic heterocycles. The molecule has 180 valence electrons. The summed E-state index contributed by atoms with van der Waals surface area (Å²) in [5.74, 6) is 0.139. The summed E-state index contributed by atoms with van der Waals surface area (Å²) >= 11 is 0. The molecule has 1 nitrogen and oxygen atoms in total. The van der Waals surface area contributed by atoms with Crippen LogP contribution >= 0.6 is 7.26 Å². The second-order valence-electron chi connectivity index (χ2n) is 9.76. The van der Waals surface area contributed by atoms with Gasteiger partial charge in [-0.25, -0.2) is 0 Å². The first kappa shape index (κ1) is 25.4. The van der Waals surface area contributed by atoms with Crippen molar-refractivity contribution in [1.82, 2.24) is 0 Å². The zero-order valence-corrected chi connectivity index (χ0v) is 22.1. The van der Waals surface area contributed by atoms with Crippen molar-refractivity contribution in [2.45, 2.75) is 26.2 Å². The van der Waals surface area contributed by atoms with Gasteiger partial charge in [0.05, 0.1) is 0 Å². The summed E-state index contributed by atoms with van der Waals surface area (Å²) < 4.78 is 0. The lowest BCUT2D eigenvalue weighted by Crippen LogP contribution is -2.38. The molecule has 0 aliphatic heterocycles. The molecule has 0 saturated heterocycles. The summed E-state index contributed by atoms with van der Waals surface area (Å²) in [4.78, 5) is 0. The SMILES string of the molecule is CC(C)(C)c1ccccc1[O-].c1ccc([P+](c2ccccc2)(c2ccccc2)c2ccccc2)cc1. The lowest BCUT2D eigenvalue weighted by atomic mass is 9.86. The largest absolute Gasteiger partial charge is 0.872 e. The molecule has 5 aromatic rings. The van der Waals surface area contributed by atoms with E-state index in [-0.39, 0.29) is 11.2 Å². The van der Waals surface area contributed by atoms with E-state index in [1.165, 1.54) is 21.2 Å². The zero-order valence-electron chi connectivity index (χ0n) is 21.2. The molecule has 5 aromatic carbocycles. The van der Waals surface area contributed by atoms with E-state index < -0.39 is 7.26 Å². The fourth-order valence-electron chi connectivity index (χ4n) is 4.59. The normalized spacial score (nSPS) is 11.3. The molecule has 0 fully saturated rings. The minimum atomic E-state index is -1.91. The van der Waals surface area contributed by atoms with Crippen molar-refractivity contribution in [1.29, 1.82) is 0 Å². The highest BCUT2D eigenvalue weighted by atomic mass is 31.2. The van der Waals surface area contributed by atoms with Crippen molar-refractivity contribution in [3.8, 4) is 5.75 Å². The summed E-state index contributed by atoms with van der Waals surface area (Å²) in [5, 5.41) is 16.8. The van der Waals surface area contributed by atoms with Gasteiger partial charge in [0.2, 0.25) is 0 Å². The molecule has 2 heteroatoms. The van der Waals surface area contributed by atoms with Crippen LogP contribution in [0.1, 0.15) is 26.3 Å². The Morgan fingerprint density at radius 2 is 0.694 bits per heavy atom. The Balaban J connectivity index is 0.000000233. The average molecular weight is 489 g/mol. The summed E-state index contributed by atoms with van der Waals surface area (Å²) in [6.07, 6.45) is 0. The van der Waals surface area contributed by atoms with E-state index in [4.69, 9.17) is 0 Å². The third-order valence-electron chi connectivity index (χ3n) is 6.27. The van der Waals surface area contributed by atoms with Crippen molar-refractivity contribution in [2.24, 2.45) is 0 Å². The molecule has 0 heterocycles. The highest BCUT2D eigenvalue weighted by Crippen LogP contribution is 2.53. The lowest BCUT2D eigenvalue weighted by Gasteiger charge is -2.27. The fourth-order valence-corrected chi connectivity index (χ4v) is 8.85. The molecular formula is C34H33OP. The lowest BCUT2D eigenvalue weighted by molar-refractivity contribution is -0.270. The Bertz CT molecular complexity index is 1180. The quantitative estimate of drug-likeness (QED) is 0.270. The number of hydrogen-bond acceptors (Lipinski definition) is 1. The smallest absolute Gasteiger partial charge is 0.144 e. The zero-order chi connectivity index (χ0) is 25.4. The van der Waals surface area contributed by atoms with Gasteiger partial charge in [0.1, 0.15) is 28.5 Å². The van der Waals surface area contributed by atoms with Crippen LogP contribution in [-0.4, -0.2) is 0 Å². The molecule has 0 unspecified atom stereocenters. The van der Waals surface area contributed by atoms with Crippen LogP contribution in [0.5, 0.6) is 5.75 Å². The number of rotatable bonds is 4. The van der Waals surface area contributed by atoms with Crippen molar-refractivity contribution < 1.29 is 5.11 Å². The Kier molecular flexibility index (Phi) is 8.04. The van der Waals surface area contributed by atoms with Crippen LogP contribution in [0.25, 0.3) is 0 Å². The van der Waals surface area contributed by atoms with Gasteiger partial charge in [-0.1, -0.05) is 123 Å². The van der Waals surface area contributed by atoms with E-state index in [1.807, 2.05) is 32.9 Å². The number of benzene rings is 5. The Labute approximate surface area is 216 Å². The molecule has 0 aliphatic rings. The van der Waals surface area contributed by atoms with Crippen LogP contribution in [0.3, 0.4) is 0 Å². The number of hydrogen-bond donors (Lipinski definition) is 0. The Morgan fingerprint density at radius 1 is 0.417 bits per heavy atom. The molecule has 0 saturated carbocycles. The minimum Gasteiger partial charge on any atom is -0.872 e. The Hall–Kier alpha value is -3.67. The molecule has 0 amide bonds. The van der Waals surface area contributed by atoms with E-state index in [2.05, 4.69) is 121 Å². The summed E-state index contributed by atoms with van der Waals surface area (Å²) in [6, 6.07) is 51.0. The second-order valence-corrected chi connectivity index (χ2v) is 13.2. The molecular weight excluding hydrogens is 455 g/mol. The van der Waals surface area contributed by atoms with Crippen LogP contribution in [0, 0.1) is 0 Å². The first-order valence-electron chi connectivity index (χ1n) is 12.3. The van der Waals surface area contributed by atoms with Gasteiger partial charge in [-0.15, -0.1) is 5.75 Å². The first-order valence-corrected chi connectivity index (χ1v) is 14.1. The van der Waals surface area contributed by atoms with Gasteiger partial charge in [0, 0.05) is 0 Å². The highest BCUT2D eigenvalue weighted by molar-refractivity contribution is 8.01. The van der Waals surface area contributed by atoms with Gasteiger partial charge >= 0.3 is 0 Å². The van der Waals surface area contributed by atoms with Gasteiger partial charge in [-0.05, 0) is 53.9 Å². The van der Waals surface area contributed by atoms with Crippen molar-refractivity contribution in [3.05, 3.63) is 151 Å². The van der Waals surface area contributed by atoms with Crippen LogP contribution in [0.4, 0.5) is 0 Å². The van der Waals surface area contributed by atoms with E-state index in [1.54, 1.807) is 12.1 Å². The van der Waals surface area contributed by atoms with Gasteiger partial charge in [-0.2, -0.15) is 0 Å². The van der Waals surface area contributed by atoms with E-state index in [0.29, 0.717) is 0 Å². The van der Waals surface area contributed by atoms with Crippen molar-refractivity contribution in [2.75, 3.05) is 0 Å². The molecule has 5 rings (SSSR count). The Morgan fingerprint density at radius 3 is 0.944 bits per heavy atom. The van der Waals surface area contributed by atoms with E-state index >= 15 is 0 Å². The molecule has 0 aliphatic carbocycles. The maximum Gasteiger partial charge on any atom is 0.144 e. The monoisotopic (exact) mass is 488 g/mol. The summed E-state index contributed by atoms with van der Waals surface area (Å²) in [5.41, 5.74) is 0.859. The molecule has 0 bridgehead atoms. The van der Waals surface area contributed by atoms with E-state index in [9.17, 15) is 5.11 Å². The van der Waals surface area contributed by atoms with Crippen LogP contribution in [0.15, 0.2) is 146 Å². The predicted octanol–water partition coefficient (Wildman–Crippen LogP) is 6.36. The van der Waals surface area contributed by atoms with E-state index in [0.717, 1.165) is 5.56 Å². The minimum absolute atomic E-state index is 0.0294. The summed E-state index contributed by atoms with van der Waals surface area (Å²) in [6.45, 7) is 6.14. The van der Waals surface area contributed by atoms with Gasteiger partial charge < -0.3 is 5.11 Å². The third kappa shape index (κ3) is 5.43. The standard InChI is InChI=1S/C24H20P.C10H14O/c1-5-13-21(14-6-1)25(22-15-7-2-8-16-22,23-17-9-3-10-18-23)24-19-11-4-12-20-24;1-10(2,3)8-6-4-5-7-9(8)11/h1-20H;4-7,11H,1-3H3/q+1;/p-1. The second kappa shape index (κ2) is 11.4. The van der Waals surface area contributed by atoms with Crippen LogP contribution in [-0.2, 0) is 5.41 Å². The van der Waals surface area contributed by atoms with Gasteiger partial charge in [-0.3, -0.25) is 0 Å². The van der Waals surface area contributed by atoms with Crippen molar-refractivity contribution >= 4 is 28.5 Å². The molecule has 0 atom stereocenters. The molecule has 36 heavy (non-hydrogen) atoms. The molecule has 0 spiro atoms. The van der Waals surface area contributed by atoms with Gasteiger partial charge in [0.25, 0.3) is 0 Å².